The smallest absolute Gasteiger partial charge is 0.367 e. The number of nitrogens with one attached hydrogen (secondary N) is 2. The highest BCUT2D eigenvalue weighted by molar-refractivity contribution is 6.31. The van der Waals surface area contributed by atoms with Crippen LogP contribution in [0.15, 0.2) is 42.7 Å². The van der Waals surface area contributed by atoms with Gasteiger partial charge in [0.1, 0.15) is 5.82 Å². The predicted molar refractivity (Wildman–Crippen MR) is 140 cm³/mol. The van der Waals surface area contributed by atoms with Crippen LogP contribution in [0.4, 0.5) is 42.1 Å². The van der Waals surface area contributed by atoms with Crippen LogP contribution in [-0.4, -0.2) is 66.2 Å². The van der Waals surface area contributed by atoms with Gasteiger partial charge in [-0.1, -0.05) is 11.6 Å². The lowest BCUT2D eigenvalue weighted by molar-refractivity contribution is -0.137. The molecule has 196 valence electrons. The summed E-state index contributed by atoms with van der Waals surface area (Å²) < 4.78 is 39.8. The molecular weight excluding hydrogens is 505 g/mol. The zero-order chi connectivity index (χ0) is 26.0. The first kappa shape index (κ1) is 25.3. The summed E-state index contributed by atoms with van der Waals surface area (Å²) in [5.41, 5.74) is 0.420. The summed E-state index contributed by atoms with van der Waals surface area (Å²) in [5.74, 6) is 2.57. The minimum atomic E-state index is -4.44. The van der Waals surface area contributed by atoms with Crippen molar-refractivity contribution in [3.8, 4) is 0 Å². The number of halogens is 4. The van der Waals surface area contributed by atoms with E-state index in [-0.39, 0.29) is 11.6 Å². The maximum Gasteiger partial charge on any atom is 0.416 e. The van der Waals surface area contributed by atoms with E-state index in [1.54, 1.807) is 12.4 Å². The normalized spacial score (nSPS) is 16.7. The number of alkyl halides is 3. The standard InChI is InChI=1S/C25H28ClF3N8/c1-35-9-11-36(12-10-35)22-6-4-19(14-31-22)33-21-15-32-23-24(34-21)37(8-2-7-30-23)16-17-13-18(25(27,28)29)3-5-20(17)26/h3-6,13-15H,2,7-12,16H2,1H3,(H,30,32)(H,33,34). The summed E-state index contributed by atoms with van der Waals surface area (Å²) in [6.07, 6.45) is -0.280. The number of aromatic nitrogens is 3. The number of fused-ring (bicyclic) bond motifs is 1. The van der Waals surface area contributed by atoms with Gasteiger partial charge >= 0.3 is 6.18 Å². The molecule has 2 aromatic heterocycles. The van der Waals surface area contributed by atoms with Gasteiger partial charge in [-0.05, 0) is 49.4 Å². The number of pyridine rings is 1. The van der Waals surface area contributed by atoms with Crippen molar-refractivity contribution in [1.82, 2.24) is 19.9 Å². The fraction of sp³-hybridized carbons (Fsp3) is 0.400. The number of likely N-dealkylation sites (N-methyl/N-ethyl adjacent to an activating group) is 1. The van der Waals surface area contributed by atoms with Crippen LogP contribution in [0.1, 0.15) is 17.5 Å². The van der Waals surface area contributed by atoms with Crippen LogP contribution in [-0.2, 0) is 12.7 Å². The van der Waals surface area contributed by atoms with Crippen molar-refractivity contribution in [2.24, 2.45) is 0 Å². The lowest BCUT2D eigenvalue weighted by atomic mass is 10.1. The number of rotatable bonds is 5. The molecule has 0 aliphatic carbocycles. The highest BCUT2D eigenvalue weighted by Crippen LogP contribution is 2.34. The highest BCUT2D eigenvalue weighted by Gasteiger charge is 2.31. The van der Waals surface area contributed by atoms with Gasteiger partial charge in [0.25, 0.3) is 0 Å². The molecule has 0 radical (unpaired) electrons. The monoisotopic (exact) mass is 532 g/mol. The SMILES string of the molecule is CN1CCN(c2ccc(Nc3cnc4c(n3)N(Cc3cc(C(F)(F)F)ccc3Cl)CCCN4)cn2)CC1. The van der Waals surface area contributed by atoms with E-state index in [1.807, 2.05) is 17.0 Å². The molecule has 0 bridgehead atoms. The van der Waals surface area contributed by atoms with Gasteiger partial charge in [-0.25, -0.2) is 15.0 Å². The Hall–Kier alpha value is -3.31. The number of piperazine rings is 1. The largest absolute Gasteiger partial charge is 0.416 e. The maximum atomic E-state index is 13.3. The fourth-order valence-corrected chi connectivity index (χ4v) is 4.61. The Morgan fingerprint density at radius 2 is 1.84 bits per heavy atom. The molecule has 2 aliphatic rings. The average molecular weight is 533 g/mol. The molecule has 37 heavy (non-hydrogen) atoms. The van der Waals surface area contributed by atoms with Gasteiger partial charge in [-0.2, -0.15) is 13.2 Å². The van der Waals surface area contributed by atoms with Crippen LogP contribution in [0.3, 0.4) is 0 Å². The summed E-state index contributed by atoms with van der Waals surface area (Å²) in [5, 5.41) is 6.77. The van der Waals surface area contributed by atoms with Crippen molar-refractivity contribution in [3.05, 3.63) is 58.9 Å². The second-order valence-electron chi connectivity index (χ2n) is 9.25. The summed E-state index contributed by atoms with van der Waals surface area (Å²) in [4.78, 5) is 20.3. The van der Waals surface area contributed by atoms with Crippen molar-refractivity contribution in [2.45, 2.75) is 19.1 Å². The van der Waals surface area contributed by atoms with E-state index in [2.05, 4.69) is 37.4 Å². The second kappa shape index (κ2) is 10.6. The molecule has 1 fully saturated rings. The van der Waals surface area contributed by atoms with Crippen LogP contribution in [0.2, 0.25) is 5.02 Å². The predicted octanol–water partition coefficient (Wildman–Crippen LogP) is 4.86. The minimum absolute atomic E-state index is 0.177. The average Bonchev–Trinajstić information content (AvgIpc) is 3.07. The Labute approximate surface area is 218 Å². The van der Waals surface area contributed by atoms with Crippen molar-refractivity contribution in [2.75, 3.05) is 66.7 Å². The van der Waals surface area contributed by atoms with Crippen molar-refractivity contribution < 1.29 is 13.2 Å². The topological polar surface area (TPSA) is 72.5 Å². The summed E-state index contributed by atoms with van der Waals surface area (Å²) >= 11 is 6.28. The van der Waals surface area contributed by atoms with E-state index in [0.29, 0.717) is 36.1 Å². The molecule has 0 amide bonds. The molecule has 12 heteroatoms. The zero-order valence-electron chi connectivity index (χ0n) is 20.4. The van der Waals surface area contributed by atoms with Crippen LogP contribution in [0.5, 0.6) is 0 Å². The number of nitrogens with zero attached hydrogens (tertiary/aromatic N) is 6. The van der Waals surface area contributed by atoms with Gasteiger partial charge in [-0.15, -0.1) is 0 Å². The Balaban J connectivity index is 1.35. The van der Waals surface area contributed by atoms with E-state index < -0.39 is 11.7 Å². The maximum absolute atomic E-state index is 13.3. The number of benzene rings is 1. The molecule has 2 aliphatic heterocycles. The molecule has 8 nitrogen and oxygen atoms in total. The van der Waals surface area contributed by atoms with Crippen LogP contribution in [0, 0.1) is 0 Å². The van der Waals surface area contributed by atoms with E-state index in [0.717, 1.165) is 56.2 Å². The Morgan fingerprint density at radius 3 is 2.57 bits per heavy atom. The van der Waals surface area contributed by atoms with Crippen molar-refractivity contribution in [3.63, 3.8) is 0 Å². The highest BCUT2D eigenvalue weighted by atomic mass is 35.5. The number of anilines is 5. The zero-order valence-corrected chi connectivity index (χ0v) is 21.1. The van der Waals surface area contributed by atoms with Crippen molar-refractivity contribution >= 4 is 40.6 Å². The summed E-state index contributed by atoms with van der Waals surface area (Å²) in [7, 11) is 2.12. The molecule has 0 spiro atoms. The first-order valence-electron chi connectivity index (χ1n) is 12.1. The first-order chi connectivity index (χ1) is 17.8. The number of hydrogen-bond donors (Lipinski definition) is 2. The third-order valence-corrected chi connectivity index (χ3v) is 6.90. The van der Waals surface area contributed by atoms with E-state index >= 15 is 0 Å². The van der Waals surface area contributed by atoms with Crippen molar-refractivity contribution in [1.29, 1.82) is 0 Å². The molecular formula is C25H28ClF3N8. The van der Waals surface area contributed by atoms with Gasteiger partial charge in [-0.3, -0.25) is 0 Å². The second-order valence-corrected chi connectivity index (χ2v) is 9.66. The minimum Gasteiger partial charge on any atom is -0.367 e. The summed E-state index contributed by atoms with van der Waals surface area (Å²) in [6.45, 7) is 5.32. The van der Waals surface area contributed by atoms with Gasteiger partial charge in [0.05, 0.1) is 23.6 Å². The quantitative estimate of drug-likeness (QED) is 0.483. The molecule has 4 heterocycles. The molecule has 1 saturated heterocycles. The third kappa shape index (κ3) is 5.99. The molecule has 3 aromatic rings. The summed E-state index contributed by atoms with van der Waals surface area (Å²) in [6, 6.07) is 7.32. The lowest BCUT2D eigenvalue weighted by Gasteiger charge is -2.33. The fourth-order valence-electron chi connectivity index (χ4n) is 4.43. The lowest BCUT2D eigenvalue weighted by Crippen LogP contribution is -2.44. The molecule has 5 rings (SSSR count). The molecule has 0 unspecified atom stereocenters. The van der Waals surface area contributed by atoms with Crippen LogP contribution in [0.25, 0.3) is 0 Å². The van der Waals surface area contributed by atoms with E-state index in [4.69, 9.17) is 16.6 Å². The van der Waals surface area contributed by atoms with Gasteiger partial charge in [0, 0.05) is 50.8 Å². The Bertz CT molecular complexity index is 1230. The van der Waals surface area contributed by atoms with Gasteiger partial charge in [0.2, 0.25) is 0 Å². The molecule has 1 aromatic carbocycles. The first-order valence-corrected chi connectivity index (χ1v) is 12.5. The Kier molecular flexibility index (Phi) is 7.25. The molecule has 2 N–H and O–H groups in total. The Morgan fingerprint density at radius 1 is 1.03 bits per heavy atom. The van der Waals surface area contributed by atoms with Gasteiger partial charge in [0.15, 0.2) is 17.5 Å². The van der Waals surface area contributed by atoms with Crippen LogP contribution >= 0.6 is 11.6 Å². The molecule has 0 atom stereocenters. The van der Waals surface area contributed by atoms with E-state index in [9.17, 15) is 13.2 Å². The van der Waals surface area contributed by atoms with E-state index in [1.165, 1.54) is 6.07 Å². The molecule has 0 saturated carbocycles. The number of hydrogen-bond acceptors (Lipinski definition) is 8. The third-order valence-electron chi connectivity index (χ3n) is 6.53. The van der Waals surface area contributed by atoms with Crippen LogP contribution < -0.4 is 20.4 Å². The van der Waals surface area contributed by atoms with Gasteiger partial charge < -0.3 is 25.3 Å².